The van der Waals surface area contributed by atoms with E-state index in [1.54, 1.807) is 18.2 Å². The van der Waals surface area contributed by atoms with Crippen LogP contribution >= 0.6 is 48.0 Å². The van der Waals surface area contributed by atoms with E-state index < -0.39 is 0 Å². The third-order valence-electron chi connectivity index (χ3n) is 3.07. The molecular weight excluding hydrogens is 356 g/mol. The van der Waals surface area contributed by atoms with Crippen molar-refractivity contribution in [3.63, 3.8) is 0 Å². The van der Waals surface area contributed by atoms with Gasteiger partial charge in [0, 0.05) is 44.2 Å². The van der Waals surface area contributed by atoms with Crippen molar-refractivity contribution in [3.05, 3.63) is 28.2 Å². The summed E-state index contributed by atoms with van der Waals surface area (Å²) in [6.07, 6.45) is 0.461. The fourth-order valence-corrected chi connectivity index (χ4v) is 2.34. The van der Waals surface area contributed by atoms with Gasteiger partial charge in [-0.2, -0.15) is 0 Å². The topological polar surface area (TPSA) is 44.4 Å². The Hall–Kier alpha value is -0.230. The second-order valence-corrected chi connectivity index (χ2v) is 5.36. The summed E-state index contributed by atoms with van der Waals surface area (Å²) in [5.74, 6) is -0.0392. The molecule has 1 aliphatic heterocycles. The van der Waals surface area contributed by atoms with Crippen molar-refractivity contribution in [2.45, 2.75) is 6.42 Å². The van der Waals surface area contributed by atoms with Crippen molar-refractivity contribution in [3.8, 4) is 0 Å². The summed E-state index contributed by atoms with van der Waals surface area (Å²) in [6, 6.07) is 5.03. The summed E-state index contributed by atoms with van der Waals surface area (Å²) in [5, 5.41) is 7.13. The monoisotopic (exact) mass is 373 g/mol. The molecule has 0 bridgehead atoms. The Morgan fingerprint density at radius 3 is 2.57 bits per heavy atom. The van der Waals surface area contributed by atoms with E-state index in [2.05, 4.69) is 15.5 Å². The fraction of sp³-hybridized carbons (Fsp3) is 0.462. The second-order valence-electron chi connectivity index (χ2n) is 4.51. The molecule has 0 saturated carbocycles. The third-order valence-corrected chi connectivity index (χ3v) is 3.63. The molecule has 1 aliphatic rings. The summed E-state index contributed by atoms with van der Waals surface area (Å²) < 4.78 is 0. The highest BCUT2D eigenvalue weighted by molar-refractivity contribution is 6.35. The molecule has 1 fully saturated rings. The predicted octanol–water partition coefficient (Wildman–Crippen LogP) is 3.07. The number of piperazine rings is 1. The maximum Gasteiger partial charge on any atom is 0.225 e. The maximum absolute atomic E-state index is 11.9. The number of amides is 1. The highest BCUT2D eigenvalue weighted by Crippen LogP contribution is 2.25. The molecule has 1 saturated heterocycles. The van der Waals surface area contributed by atoms with Gasteiger partial charge in [-0.15, -0.1) is 24.8 Å². The van der Waals surface area contributed by atoms with E-state index in [0.717, 1.165) is 32.7 Å². The molecule has 0 unspecified atom stereocenters. The van der Waals surface area contributed by atoms with Crippen LogP contribution in [0.2, 0.25) is 10.0 Å². The molecule has 1 aromatic carbocycles. The zero-order chi connectivity index (χ0) is 13.7. The van der Waals surface area contributed by atoms with E-state index in [4.69, 9.17) is 23.2 Å². The van der Waals surface area contributed by atoms with Gasteiger partial charge in [0.25, 0.3) is 0 Å². The smallest absolute Gasteiger partial charge is 0.225 e. The van der Waals surface area contributed by atoms with Gasteiger partial charge in [-0.25, -0.2) is 0 Å². The van der Waals surface area contributed by atoms with Crippen LogP contribution < -0.4 is 10.6 Å². The Labute approximate surface area is 147 Å². The molecule has 0 atom stereocenters. The van der Waals surface area contributed by atoms with E-state index >= 15 is 0 Å². The largest absolute Gasteiger partial charge is 0.325 e. The lowest BCUT2D eigenvalue weighted by molar-refractivity contribution is -0.116. The van der Waals surface area contributed by atoms with Gasteiger partial charge in [0.1, 0.15) is 0 Å². The van der Waals surface area contributed by atoms with Crippen LogP contribution in [0.15, 0.2) is 18.2 Å². The number of anilines is 1. The Bertz CT molecular complexity index is 453. The molecule has 2 rings (SSSR count). The quantitative estimate of drug-likeness (QED) is 0.851. The number of carbonyl (C=O) groups excluding carboxylic acids is 1. The average molecular weight is 375 g/mol. The van der Waals surface area contributed by atoms with Crippen molar-refractivity contribution in [1.82, 2.24) is 10.2 Å². The molecule has 1 amide bonds. The number of nitrogens with zero attached hydrogens (tertiary/aromatic N) is 1. The Kier molecular flexibility index (Phi) is 10.4. The van der Waals surface area contributed by atoms with Gasteiger partial charge in [-0.05, 0) is 18.2 Å². The van der Waals surface area contributed by atoms with Crippen LogP contribution in [0.4, 0.5) is 5.69 Å². The molecule has 120 valence electrons. The third kappa shape index (κ3) is 7.04. The minimum Gasteiger partial charge on any atom is -0.325 e. The lowest BCUT2D eigenvalue weighted by Crippen LogP contribution is -2.44. The zero-order valence-corrected chi connectivity index (χ0v) is 14.5. The number of hydrogen-bond acceptors (Lipinski definition) is 3. The number of benzene rings is 1. The van der Waals surface area contributed by atoms with E-state index in [9.17, 15) is 4.79 Å². The SMILES string of the molecule is Cl.Cl.O=C(CCN1CCNCC1)Nc1cc(Cl)ccc1Cl. The number of nitrogens with one attached hydrogen (secondary N) is 2. The number of hydrogen-bond donors (Lipinski definition) is 2. The van der Waals surface area contributed by atoms with E-state index in [0.29, 0.717) is 22.2 Å². The van der Waals surface area contributed by atoms with Gasteiger partial charge in [-0.3, -0.25) is 4.79 Å². The second kappa shape index (κ2) is 10.5. The summed E-state index contributed by atoms with van der Waals surface area (Å²) in [5.41, 5.74) is 0.569. The number of carbonyl (C=O) groups is 1. The van der Waals surface area contributed by atoms with Gasteiger partial charge < -0.3 is 15.5 Å². The molecule has 4 nitrogen and oxygen atoms in total. The number of halogens is 4. The van der Waals surface area contributed by atoms with Crippen LogP contribution in [-0.4, -0.2) is 43.5 Å². The molecule has 0 aliphatic carbocycles. The molecule has 0 spiro atoms. The fourth-order valence-electron chi connectivity index (χ4n) is 2.00. The molecule has 2 N–H and O–H groups in total. The van der Waals surface area contributed by atoms with Gasteiger partial charge in [0.2, 0.25) is 5.91 Å². The first-order chi connectivity index (χ1) is 9.15. The van der Waals surface area contributed by atoms with Crippen LogP contribution in [0.1, 0.15) is 6.42 Å². The first-order valence-corrected chi connectivity index (χ1v) is 7.09. The van der Waals surface area contributed by atoms with Gasteiger partial charge in [-0.1, -0.05) is 23.2 Å². The summed E-state index contributed by atoms with van der Waals surface area (Å²) in [6.45, 7) is 4.73. The molecule has 21 heavy (non-hydrogen) atoms. The van der Waals surface area contributed by atoms with Crippen molar-refractivity contribution >= 4 is 59.6 Å². The highest BCUT2D eigenvalue weighted by Gasteiger charge is 2.12. The lowest BCUT2D eigenvalue weighted by Gasteiger charge is -2.26. The van der Waals surface area contributed by atoms with E-state index in [-0.39, 0.29) is 30.7 Å². The van der Waals surface area contributed by atoms with Crippen LogP contribution in [0.3, 0.4) is 0 Å². The van der Waals surface area contributed by atoms with Crippen LogP contribution in [0.25, 0.3) is 0 Å². The minimum absolute atomic E-state index is 0. The Morgan fingerprint density at radius 2 is 1.90 bits per heavy atom. The van der Waals surface area contributed by atoms with Gasteiger partial charge in [0.05, 0.1) is 10.7 Å². The van der Waals surface area contributed by atoms with E-state index in [1.165, 1.54) is 0 Å². The summed E-state index contributed by atoms with van der Waals surface area (Å²) >= 11 is 11.9. The van der Waals surface area contributed by atoms with Crippen molar-refractivity contribution < 1.29 is 4.79 Å². The minimum atomic E-state index is -0.0392. The summed E-state index contributed by atoms with van der Waals surface area (Å²) in [7, 11) is 0. The van der Waals surface area contributed by atoms with Crippen LogP contribution in [0, 0.1) is 0 Å². The molecule has 8 heteroatoms. The van der Waals surface area contributed by atoms with Crippen LogP contribution in [-0.2, 0) is 4.79 Å². The predicted molar refractivity (Wildman–Crippen MR) is 93.5 cm³/mol. The van der Waals surface area contributed by atoms with Crippen molar-refractivity contribution in [2.24, 2.45) is 0 Å². The number of rotatable bonds is 4. The molecule has 0 radical (unpaired) electrons. The van der Waals surface area contributed by atoms with E-state index in [1.807, 2.05) is 0 Å². The average Bonchev–Trinajstić information content (AvgIpc) is 2.42. The standard InChI is InChI=1S/C13H17Cl2N3O.2ClH/c14-10-1-2-11(15)12(9-10)17-13(19)3-6-18-7-4-16-5-8-18;;/h1-2,9,16H,3-8H2,(H,17,19);2*1H. The zero-order valence-electron chi connectivity index (χ0n) is 11.4. The Morgan fingerprint density at radius 1 is 1.24 bits per heavy atom. The normalized spacial score (nSPS) is 14.8. The van der Waals surface area contributed by atoms with Gasteiger partial charge >= 0.3 is 0 Å². The Balaban J connectivity index is 0.00000200. The van der Waals surface area contributed by atoms with Crippen LogP contribution in [0.5, 0.6) is 0 Å². The van der Waals surface area contributed by atoms with Gasteiger partial charge in [0.15, 0.2) is 0 Å². The first kappa shape index (κ1) is 20.8. The van der Waals surface area contributed by atoms with Crippen molar-refractivity contribution in [1.29, 1.82) is 0 Å². The molecular formula is C13H19Cl4N3O. The maximum atomic E-state index is 11.9. The first-order valence-electron chi connectivity index (χ1n) is 6.33. The molecule has 0 aromatic heterocycles. The molecule has 1 heterocycles. The summed E-state index contributed by atoms with van der Waals surface area (Å²) in [4.78, 5) is 14.1. The van der Waals surface area contributed by atoms with Crippen molar-refractivity contribution in [2.75, 3.05) is 38.0 Å². The molecule has 1 aromatic rings. The highest BCUT2D eigenvalue weighted by atomic mass is 35.5. The lowest BCUT2D eigenvalue weighted by atomic mass is 10.3.